The lowest BCUT2D eigenvalue weighted by Crippen LogP contribution is -2.62. The summed E-state index contributed by atoms with van der Waals surface area (Å²) in [5.74, 6) is 1.40. The molecule has 0 bridgehead atoms. The van der Waals surface area contributed by atoms with Crippen LogP contribution in [0.4, 0.5) is 4.79 Å². The van der Waals surface area contributed by atoms with Crippen molar-refractivity contribution in [2.24, 2.45) is 28.6 Å². The van der Waals surface area contributed by atoms with Gasteiger partial charge in [-0.2, -0.15) is 0 Å². The Hall–Kier alpha value is -1.71. The number of hydrogen-bond acceptors (Lipinski definition) is 9. The van der Waals surface area contributed by atoms with Gasteiger partial charge in [0.2, 0.25) is 0 Å². The maximum absolute atomic E-state index is 13.0. The zero-order valence-electron chi connectivity index (χ0n) is 28.9. The van der Waals surface area contributed by atoms with Gasteiger partial charge in [-0.3, -0.25) is 4.57 Å². The molecular formula is C36H57N2O8P. The molecule has 1 aliphatic heterocycles. The fraction of sp³-hybridized carbons (Fsp3) is 0.833. The molecule has 0 aromatic carbocycles. The minimum atomic E-state index is -3.05. The summed E-state index contributed by atoms with van der Waals surface area (Å²) in [5.41, 5.74) is -0.119. The molecule has 2 heterocycles. The van der Waals surface area contributed by atoms with Gasteiger partial charge in [-0.05, 0) is 125 Å². The van der Waals surface area contributed by atoms with Gasteiger partial charge >= 0.3 is 19.3 Å². The van der Waals surface area contributed by atoms with E-state index in [-0.39, 0.29) is 46.5 Å². The number of piperidine rings is 1. The maximum atomic E-state index is 13.0. The molecule has 47 heavy (non-hydrogen) atoms. The quantitative estimate of drug-likeness (QED) is 0.260. The number of alkyl carbamates (subject to hydrolysis) is 1. The number of rotatable bonds is 10. The average Bonchev–Trinajstić information content (AvgIpc) is 3.32. The molecule has 1 amide bonds. The van der Waals surface area contributed by atoms with Crippen LogP contribution in [0.15, 0.2) is 27.6 Å². The minimum Gasteiger partial charge on any atom is -0.446 e. The monoisotopic (exact) mass is 676 g/mol. The molecule has 4 aliphatic carbocycles. The van der Waals surface area contributed by atoms with Crippen LogP contribution in [0.2, 0.25) is 0 Å². The Morgan fingerprint density at radius 3 is 2.43 bits per heavy atom. The van der Waals surface area contributed by atoms with Gasteiger partial charge < -0.3 is 33.5 Å². The third kappa shape index (κ3) is 6.75. The first kappa shape index (κ1) is 35.1. The van der Waals surface area contributed by atoms with Crippen LogP contribution in [-0.2, 0) is 18.3 Å². The lowest BCUT2D eigenvalue weighted by Gasteiger charge is -2.63. The first-order valence-electron chi connectivity index (χ1n) is 18.3. The first-order valence-corrected chi connectivity index (χ1v) is 20.0. The van der Waals surface area contributed by atoms with Crippen molar-refractivity contribution >= 4 is 13.7 Å². The van der Waals surface area contributed by atoms with Crippen LogP contribution < -0.4 is 10.9 Å². The number of amides is 1. The summed E-state index contributed by atoms with van der Waals surface area (Å²) in [7, 11) is -3.05. The van der Waals surface area contributed by atoms with Gasteiger partial charge in [0.1, 0.15) is 6.10 Å². The van der Waals surface area contributed by atoms with E-state index in [2.05, 4.69) is 24.1 Å². The summed E-state index contributed by atoms with van der Waals surface area (Å²) in [4.78, 5) is 26.9. The van der Waals surface area contributed by atoms with Crippen LogP contribution in [-0.4, -0.2) is 72.9 Å². The van der Waals surface area contributed by atoms with Gasteiger partial charge in [0, 0.05) is 37.2 Å². The van der Waals surface area contributed by atoms with E-state index in [1.807, 2.05) is 19.9 Å². The van der Waals surface area contributed by atoms with Crippen molar-refractivity contribution in [1.82, 2.24) is 10.2 Å². The molecule has 8 atom stereocenters. The van der Waals surface area contributed by atoms with Crippen molar-refractivity contribution in [2.75, 3.05) is 39.0 Å². The molecule has 0 radical (unpaired) electrons. The Bertz CT molecular complexity index is 1330. The van der Waals surface area contributed by atoms with E-state index in [1.165, 1.54) is 6.07 Å². The van der Waals surface area contributed by atoms with Crippen molar-refractivity contribution in [3.8, 4) is 0 Å². The second-order valence-corrected chi connectivity index (χ2v) is 17.8. The first-order chi connectivity index (χ1) is 22.4. The highest BCUT2D eigenvalue weighted by atomic mass is 31.2. The number of carbonyl (C=O) groups excluding carboxylic acids is 1. The SMILES string of the molecule is CCOP(=O)(CCN1CCC(NC(=O)O[C@H]2CC[C@@]3(C)[C@H](CC[C@@H]4[C@@H]3CC[C@]3(C)[C@@H](c5ccc(=O)oc5)CC[C@]43O)C2)CC1)OCC. The third-order valence-electron chi connectivity index (χ3n) is 13.5. The molecule has 2 N–H and O–H groups in total. The molecule has 1 aromatic rings. The van der Waals surface area contributed by atoms with E-state index in [0.29, 0.717) is 37.8 Å². The lowest BCUT2D eigenvalue weighted by molar-refractivity contribution is -0.205. The Morgan fingerprint density at radius 2 is 1.74 bits per heavy atom. The van der Waals surface area contributed by atoms with Crippen LogP contribution in [0.1, 0.15) is 110 Å². The summed E-state index contributed by atoms with van der Waals surface area (Å²) in [6.45, 7) is 11.4. The Balaban J connectivity index is 0.991. The molecule has 4 saturated carbocycles. The molecule has 6 rings (SSSR count). The van der Waals surface area contributed by atoms with Crippen molar-refractivity contribution in [1.29, 1.82) is 0 Å². The predicted molar refractivity (Wildman–Crippen MR) is 179 cm³/mol. The summed E-state index contributed by atoms with van der Waals surface area (Å²) < 4.78 is 35.0. The zero-order chi connectivity index (χ0) is 33.5. The number of aliphatic hydroxyl groups is 1. The molecule has 264 valence electrons. The fourth-order valence-electron chi connectivity index (χ4n) is 10.9. The predicted octanol–water partition coefficient (Wildman–Crippen LogP) is 6.71. The van der Waals surface area contributed by atoms with Gasteiger partial charge in [0.25, 0.3) is 0 Å². The Morgan fingerprint density at radius 1 is 1.00 bits per heavy atom. The second kappa shape index (κ2) is 13.9. The van der Waals surface area contributed by atoms with E-state index < -0.39 is 13.2 Å². The number of ether oxygens (including phenoxy) is 1. The zero-order valence-corrected chi connectivity index (χ0v) is 29.8. The lowest BCUT2D eigenvalue weighted by atomic mass is 9.43. The second-order valence-electron chi connectivity index (χ2n) is 15.6. The summed E-state index contributed by atoms with van der Waals surface area (Å²) in [5, 5.41) is 15.6. The van der Waals surface area contributed by atoms with E-state index >= 15 is 0 Å². The van der Waals surface area contributed by atoms with E-state index in [9.17, 15) is 19.3 Å². The molecule has 1 aromatic heterocycles. The largest absolute Gasteiger partial charge is 0.446 e. The van der Waals surface area contributed by atoms with Crippen LogP contribution in [0.3, 0.4) is 0 Å². The van der Waals surface area contributed by atoms with E-state index in [4.69, 9.17) is 18.2 Å². The minimum absolute atomic E-state index is 0.0727. The molecule has 0 unspecified atom stereocenters. The Kier molecular flexibility index (Phi) is 10.4. The maximum Gasteiger partial charge on any atom is 0.407 e. The number of nitrogens with one attached hydrogen (secondary N) is 1. The van der Waals surface area contributed by atoms with E-state index in [1.54, 1.807) is 6.26 Å². The van der Waals surface area contributed by atoms with Crippen molar-refractivity contribution in [3.63, 3.8) is 0 Å². The van der Waals surface area contributed by atoms with Gasteiger partial charge in [-0.25, -0.2) is 9.59 Å². The van der Waals surface area contributed by atoms with Crippen LogP contribution in [0.25, 0.3) is 0 Å². The fourth-order valence-corrected chi connectivity index (χ4v) is 12.5. The molecule has 1 saturated heterocycles. The van der Waals surface area contributed by atoms with Gasteiger partial charge in [-0.15, -0.1) is 0 Å². The molecule has 5 aliphatic rings. The van der Waals surface area contributed by atoms with Crippen LogP contribution in [0, 0.1) is 28.6 Å². The molecule has 0 spiro atoms. The molecular weight excluding hydrogens is 619 g/mol. The number of fused-ring (bicyclic) bond motifs is 5. The summed E-state index contributed by atoms with van der Waals surface area (Å²) >= 11 is 0. The molecule has 10 nitrogen and oxygen atoms in total. The number of nitrogens with zero attached hydrogens (tertiary/aromatic N) is 1. The number of carbonyl (C=O) groups is 1. The van der Waals surface area contributed by atoms with Crippen molar-refractivity contribution in [3.05, 3.63) is 34.4 Å². The van der Waals surface area contributed by atoms with Crippen LogP contribution in [0.5, 0.6) is 0 Å². The number of likely N-dealkylation sites (tertiary alicyclic amines) is 1. The van der Waals surface area contributed by atoms with E-state index in [0.717, 1.165) is 89.3 Å². The highest BCUT2D eigenvalue weighted by molar-refractivity contribution is 7.53. The van der Waals surface area contributed by atoms with Crippen LogP contribution >= 0.6 is 7.60 Å². The van der Waals surface area contributed by atoms with Crippen molar-refractivity contribution in [2.45, 2.75) is 122 Å². The normalized spacial score (nSPS) is 37.9. The third-order valence-corrected chi connectivity index (χ3v) is 15.5. The number of hydrogen-bond donors (Lipinski definition) is 2. The van der Waals surface area contributed by atoms with Gasteiger partial charge in [0.15, 0.2) is 0 Å². The summed E-state index contributed by atoms with van der Waals surface area (Å²) in [6, 6.07) is 3.48. The topological polar surface area (TPSA) is 128 Å². The Labute approximate surface area is 280 Å². The van der Waals surface area contributed by atoms with Gasteiger partial charge in [-0.1, -0.05) is 13.8 Å². The molecule has 5 fully saturated rings. The highest BCUT2D eigenvalue weighted by Crippen LogP contribution is 2.70. The average molecular weight is 677 g/mol. The van der Waals surface area contributed by atoms with Crippen molar-refractivity contribution < 1.29 is 32.7 Å². The van der Waals surface area contributed by atoms with Gasteiger partial charge in [0.05, 0.1) is 31.2 Å². The molecule has 11 heteroatoms. The highest BCUT2D eigenvalue weighted by Gasteiger charge is 2.67. The smallest absolute Gasteiger partial charge is 0.407 e. The summed E-state index contributed by atoms with van der Waals surface area (Å²) in [6.07, 6.45) is 11.9. The standard InChI is InChI=1S/C36H57N2O8P/c1-5-44-47(42,45-6-2)22-21-38-19-14-27(15-20-38)37-33(40)46-28-11-16-34(3)26(23-28)8-9-31-30(34)12-17-35(4)29(13-18-36(31,35)41)25-7-10-32(39)43-24-25/h7,10,24,26-31,41H,5-6,8-9,11-23H2,1-4H3,(H,37,40)/t26-,28+,29-,30+,31-,34+,35-,36+/m1/s1.